The molecule has 0 aromatic heterocycles. The fourth-order valence-electron chi connectivity index (χ4n) is 2.19. The normalized spacial score (nSPS) is 17.7. The predicted octanol–water partition coefficient (Wildman–Crippen LogP) is 3.34. The van der Waals surface area contributed by atoms with Crippen molar-refractivity contribution in [3.8, 4) is 0 Å². The SMILES string of the molecule is CC(C)(CCl)C(=O)NCCCC1CCCC1. The molecule has 16 heavy (non-hydrogen) atoms. The smallest absolute Gasteiger partial charge is 0.226 e. The van der Waals surface area contributed by atoms with Gasteiger partial charge in [-0.1, -0.05) is 25.7 Å². The quantitative estimate of drug-likeness (QED) is 0.565. The highest BCUT2D eigenvalue weighted by atomic mass is 35.5. The Morgan fingerprint density at radius 1 is 1.38 bits per heavy atom. The van der Waals surface area contributed by atoms with Gasteiger partial charge in [-0.25, -0.2) is 0 Å². The van der Waals surface area contributed by atoms with Crippen molar-refractivity contribution in [2.75, 3.05) is 12.4 Å². The molecule has 1 fully saturated rings. The van der Waals surface area contributed by atoms with Crippen molar-refractivity contribution >= 4 is 17.5 Å². The number of amides is 1. The van der Waals surface area contributed by atoms with Crippen molar-refractivity contribution < 1.29 is 4.79 Å². The van der Waals surface area contributed by atoms with Gasteiger partial charge in [0.1, 0.15) is 0 Å². The largest absolute Gasteiger partial charge is 0.356 e. The Morgan fingerprint density at radius 2 is 2.00 bits per heavy atom. The average molecular weight is 246 g/mol. The van der Waals surface area contributed by atoms with Gasteiger partial charge in [-0.05, 0) is 32.6 Å². The molecular formula is C13H24ClNO. The van der Waals surface area contributed by atoms with E-state index >= 15 is 0 Å². The van der Waals surface area contributed by atoms with E-state index in [1.165, 1.54) is 32.1 Å². The van der Waals surface area contributed by atoms with E-state index in [0.29, 0.717) is 5.88 Å². The second-order valence-corrected chi connectivity index (χ2v) is 5.83. The van der Waals surface area contributed by atoms with Gasteiger partial charge in [0.25, 0.3) is 0 Å². The minimum Gasteiger partial charge on any atom is -0.356 e. The van der Waals surface area contributed by atoms with Crippen LogP contribution in [0.4, 0.5) is 0 Å². The number of halogens is 1. The zero-order chi connectivity index (χ0) is 12.0. The van der Waals surface area contributed by atoms with E-state index in [2.05, 4.69) is 5.32 Å². The zero-order valence-electron chi connectivity index (χ0n) is 10.5. The summed E-state index contributed by atoms with van der Waals surface area (Å²) >= 11 is 5.74. The molecule has 3 heteroatoms. The van der Waals surface area contributed by atoms with Crippen LogP contribution < -0.4 is 5.32 Å². The van der Waals surface area contributed by atoms with Crippen molar-refractivity contribution in [1.82, 2.24) is 5.32 Å². The summed E-state index contributed by atoms with van der Waals surface area (Å²) in [6, 6.07) is 0. The minimum atomic E-state index is -0.436. The van der Waals surface area contributed by atoms with Crippen molar-refractivity contribution in [3.05, 3.63) is 0 Å². The summed E-state index contributed by atoms with van der Waals surface area (Å²) in [5.74, 6) is 1.37. The van der Waals surface area contributed by atoms with Gasteiger partial charge in [0.15, 0.2) is 0 Å². The van der Waals surface area contributed by atoms with Gasteiger partial charge in [0, 0.05) is 12.4 Å². The fourth-order valence-corrected chi connectivity index (χ4v) is 2.31. The number of carbonyl (C=O) groups is 1. The molecule has 0 radical (unpaired) electrons. The molecule has 0 heterocycles. The third-order valence-corrected chi connectivity index (χ3v) is 4.17. The van der Waals surface area contributed by atoms with Crippen LogP contribution in [0.25, 0.3) is 0 Å². The van der Waals surface area contributed by atoms with Crippen LogP contribution in [-0.2, 0) is 4.79 Å². The molecule has 0 saturated heterocycles. The van der Waals surface area contributed by atoms with Gasteiger partial charge < -0.3 is 5.32 Å². The van der Waals surface area contributed by atoms with Crippen LogP contribution in [0.15, 0.2) is 0 Å². The van der Waals surface area contributed by atoms with E-state index in [-0.39, 0.29) is 5.91 Å². The van der Waals surface area contributed by atoms with E-state index in [1.54, 1.807) is 0 Å². The lowest BCUT2D eigenvalue weighted by atomic mass is 9.95. The Labute approximate surface area is 104 Å². The van der Waals surface area contributed by atoms with Gasteiger partial charge in [-0.15, -0.1) is 11.6 Å². The second kappa shape index (κ2) is 6.48. The highest BCUT2D eigenvalue weighted by Gasteiger charge is 2.25. The summed E-state index contributed by atoms with van der Waals surface area (Å²) in [6.07, 6.45) is 7.95. The highest BCUT2D eigenvalue weighted by molar-refractivity contribution is 6.19. The molecular weight excluding hydrogens is 222 g/mol. The van der Waals surface area contributed by atoms with Crippen LogP contribution in [0.5, 0.6) is 0 Å². The lowest BCUT2D eigenvalue weighted by Gasteiger charge is -2.20. The molecule has 0 aromatic rings. The first-order valence-electron chi connectivity index (χ1n) is 6.40. The molecule has 0 atom stereocenters. The first-order chi connectivity index (χ1) is 7.56. The lowest BCUT2D eigenvalue weighted by molar-refractivity contribution is -0.128. The van der Waals surface area contributed by atoms with Crippen LogP contribution in [0.1, 0.15) is 52.4 Å². The Balaban J connectivity index is 2.08. The van der Waals surface area contributed by atoms with E-state index in [4.69, 9.17) is 11.6 Å². The van der Waals surface area contributed by atoms with Crippen molar-refractivity contribution in [2.24, 2.45) is 11.3 Å². The number of hydrogen-bond donors (Lipinski definition) is 1. The fraction of sp³-hybridized carbons (Fsp3) is 0.923. The second-order valence-electron chi connectivity index (χ2n) is 5.57. The Kier molecular flexibility index (Phi) is 5.60. The number of rotatable bonds is 6. The monoisotopic (exact) mass is 245 g/mol. The van der Waals surface area contributed by atoms with Crippen molar-refractivity contribution in [2.45, 2.75) is 52.4 Å². The Bertz CT molecular complexity index is 222. The van der Waals surface area contributed by atoms with E-state index in [1.807, 2.05) is 13.8 Å². The van der Waals surface area contributed by atoms with Crippen LogP contribution in [-0.4, -0.2) is 18.3 Å². The molecule has 0 bridgehead atoms. The standard InChI is InChI=1S/C13H24ClNO/c1-13(2,10-14)12(16)15-9-5-8-11-6-3-4-7-11/h11H,3-10H2,1-2H3,(H,15,16). The van der Waals surface area contributed by atoms with Gasteiger partial charge in [-0.3, -0.25) is 4.79 Å². The predicted molar refractivity (Wildman–Crippen MR) is 68.7 cm³/mol. The molecule has 1 N–H and O–H groups in total. The molecule has 0 aliphatic heterocycles. The van der Waals surface area contributed by atoms with Crippen molar-refractivity contribution in [3.63, 3.8) is 0 Å². The maximum Gasteiger partial charge on any atom is 0.226 e. The summed E-state index contributed by atoms with van der Waals surface area (Å²) < 4.78 is 0. The topological polar surface area (TPSA) is 29.1 Å². The third kappa shape index (κ3) is 4.32. The molecule has 0 spiro atoms. The first-order valence-corrected chi connectivity index (χ1v) is 6.94. The molecule has 1 aliphatic carbocycles. The summed E-state index contributed by atoms with van der Waals surface area (Å²) in [4.78, 5) is 11.7. The Morgan fingerprint density at radius 3 is 2.56 bits per heavy atom. The number of alkyl halides is 1. The molecule has 1 rings (SSSR count). The summed E-state index contributed by atoms with van der Waals surface area (Å²) in [5, 5.41) is 2.97. The van der Waals surface area contributed by atoms with Crippen molar-refractivity contribution in [1.29, 1.82) is 0 Å². The summed E-state index contributed by atoms with van der Waals surface area (Å²) in [6.45, 7) is 4.56. The molecule has 0 aromatic carbocycles. The minimum absolute atomic E-state index is 0.0777. The maximum atomic E-state index is 11.7. The molecule has 1 aliphatic rings. The number of carbonyl (C=O) groups excluding carboxylic acids is 1. The number of nitrogens with one attached hydrogen (secondary N) is 1. The first kappa shape index (κ1) is 13.8. The molecule has 2 nitrogen and oxygen atoms in total. The van der Waals surface area contributed by atoms with E-state index < -0.39 is 5.41 Å². The average Bonchev–Trinajstić information content (AvgIpc) is 2.76. The molecule has 94 valence electrons. The van der Waals surface area contributed by atoms with Crippen LogP contribution >= 0.6 is 11.6 Å². The van der Waals surface area contributed by atoms with Gasteiger partial charge in [0.05, 0.1) is 5.41 Å². The van der Waals surface area contributed by atoms with Crippen LogP contribution in [0, 0.1) is 11.3 Å². The molecule has 1 saturated carbocycles. The van der Waals surface area contributed by atoms with E-state index in [0.717, 1.165) is 18.9 Å². The van der Waals surface area contributed by atoms with Gasteiger partial charge in [0.2, 0.25) is 5.91 Å². The highest BCUT2D eigenvalue weighted by Crippen LogP contribution is 2.28. The van der Waals surface area contributed by atoms with Gasteiger partial charge in [-0.2, -0.15) is 0 Å². The summed E-state index contributed by atoms with van der Waals surface area (Å²) in [5.41, 5.74) is -0.436. The van der Waals surface area contributed by atoms with Gasteiger partial charge >= 0.3 is 0 Å². The lowest BCUT2D eigenvalue weighted by Crippen LogP contribution is -2.38. The third-order valence-electron chi connectivity index (χ3n) is 3.50. The van der Waals surface area contributed by atoms with Crippen LogP contribution in [0.2, 0.25) is 0 Å². The number of hydrogen-bond acceptors (Lipinski definition) is 1. The van der Waals surface area contributed by atoms with Crippen LogP contribution in [0.3, 0.4) is 0 Å². The van der Waals surface area contributed by atoms with E-state index in [9.17, 15) is 4.79 Å². The molecule has 1 amide bonds. The Hall–Kier alpha value is -0.240. The molecule has 0 unspecified atom stereocenters. The maximum absolute atomic E-state index is 11.7. The zero-order valence-corrected chi connectivity index (χ0v) is 11.3. The summed E-state index contributed by atoms with van der Waals surface area (Å²) in [7, 11) is 0.